The number of nitrogens with zero attached hydrogens (tertiary/aromatic N) is 5. The van der Waals surface area contributed by atoms with E-state index in [9.17, 15) is 4.79 Å². The van der Waals surface area contributed by atoms with E-state index in [1.165, 1.54) is 11.3 Å². The van der Waals surface area contributed by atoms with Crippen molar-refractivity contribution in [3.8, 4) is 0 Å². The van der Waals surface area contributed by atoms with E-state index in [1.54, 1.807) is 0 Å². The van der Waals surface area contributed by atoms with E-state index >= 15 is 0 Å². The van der Waals surface area contributed by atoms with E-state index in [4.69, 9.17) is 4.99 Å². The fraction of sp³-hybridized carbons (Fsp3) is 0.680. The van der Waals surface area contributed by atoms with Crippen molar-refractivity contribution in [2.45, 2.75) is 45.6 Å². The lowest BCUT2D eigenvalue weighted by molar-refractivity contribution is -0.135. The number of nitrogens with one attached hydrogen (secondary N) is 1. The minimum Gasteiger partial charge on any atom is -0.378 e. The van der Waals surface area contributed by atoms with Crippen LogP contribution in [0.2, 0.25) is 0 Å². The van der Waals surface area contributed by atoms with Gasteiger partial charge in [-0.2, -0.15) is 0 Å². The van der Waals surface area contributed by atoms with Crippen molar-refractivity contribution in [1.82, 2.24) is 20.0 Å². The van der Waals surface area contributed by atoms with Crippen molar-refractivity contribution in [2.75, 3.05) is 71.4 Å². The third-order valence-electron chi connectivity index (χ3n) is 6.61. The van der Waals surface area contributed by atoms with Crippen molar-refractivity contribution >= 4 is 17.6 Å². The molecule has 3 rings (SSSR count). The molecule has 2 saturated heterocycles. The molecule has 7 nitrogen and oxygen atoms in total. The number of rotatable bonds is 8. The summed E-state index contributed by atoms with van der Waals surface area (Å²) in [7, 11) is 4.13. The van der Waals surface area contributed by atoms with Crippen molar-refractivity contribution in [3.05, 3.63) is 29.8 Å². The summed E-state index contributed by atoms with van der Waals surface area (Å²) in [5.74, 6) is 1.31. The van der Waals surface area contributed by atoms with Crippen LogP contribution in [0.3, 0.4) is 0 Å². The van der Waals surface area contributed by atoms with Crippen LogP contribution in [-0.2, 0) is 11.2 Å². The zero-order valence-corrected chi connectivity index (χ0v) is 20.5. The van der Waals surface area contributed by atoms with Crippen LogP contribution in [0, 0.1) is 0 Å². The Hall–Kier alpha value is -2.28. The quantitative estimate of drug-likeness (QED) is 0.380. The van der Waals surface area contributed by atoms with Gasteiger partial charge in [-0.05, 0) is 57.2 Å². The monoisotopic (exact) mass is 442 g/mol. The van der Waals surface area contributed by atoms with Crippen molar-refractivity contribution in [3.63, 3.8) is 0 Å². The molecular formula is C25H42N6O. The number of aryl methyl sites for hydroxylation is 1. The second-order valence-electron chi connectivity index (χ2n) is 9.13. The normalized spacial score (nSPS) is 18.7. The number of hydrogen-bond donors (Lipinski definition) is 1. The molecule has 178 valence electrons. The summed E-state index contributed by atoms with van der Waals surface area (Å²) < 4.78 is 0. The Bertz CT molecular complexity index is 733. The van der Waals surface area contributed by atoms with Gasteiger partial charge in [-0.25, -0.2) is 0 Å². The van der Waals surface area contributed by atoms with Crippen molar-refractivity contribution in [1.29, 1.82) is 0 Å². The van der Waals surface area contributed by atoms with Gasteiger partial charge in [0.1, 0.15) is 0 Å². The summed E-state index contributed by atoms with van der Waals surface area (Å²) in [5, 5.41) is 3.46. The van der Waals surface area contributed by atoms with Crippen LogP contribution in [0.25, 0.3) is 0 Å². The van der Waals surface area contributed by atoms with Crippen LogP contribution in [0.1, 0.15) is 38.7 Å². The maximum Gasteiger partial charge on any atom is 0.239 e. The minimum absolute atomic E-state index is 0.0198. The van der Waals surface area contributed by atoms with Gasteiger partial charge < -0.3 is 20.0 Å². The number of carbonyl (C=O) groups is 1. The summed E-state index contributed by atoms with van der Waals surface area (Å²) >= 11 is 0. The average molecular weight is 443 g/mol. The van der Waals surface area contributed by atoms with Gasteiger partial charge in [0.05, 0.1) is 6.04 Å². The summed E-state index contributed by atoms with van der Waals surface area (Å²) in [4.78, 5) is 26.5. The fourth-order valence-corrected chi connectivity index (χ4v) is 4.53. The molecule has 1 N–H and O–H groups in total. The lowest BCUT2D eigenvalue weighted by atomic mass is 10.1. The number of amides is 1. The Labute approximate surface area is 194 Å². The summed E-state index contributed by atoms with van der Waals surface area (Å²) in [6.45, 7) is 11.4. The molecule has 1 unspecified atom stereocenters. The first-order valence-electron chi connectivity index (χ1n) is 12.3. The van der Waals surface area contributed by atoms with Crippen LogP contribution >= 0.6 is 0 Å². The average Bonchev–Trinajstić information content (AvgIpc) is 3.35. The van der Waals surface area contributed by atoms with Crippen molar-refractivity contribution in [2.24, 2.45) is 4.99 Å². The highest BCUT2D eigenvalue weighted by Gasteiger charge is 2.30. The predicted octanol–water partition coefficient (Wildman–Crippen LogP) is 2.28. The number of aliphatic imine (C=N–C) groups is 1. The van der Waals surface area contributed by atoms with E-state index in [1.807, 2.05) is 4.90 Å². The molecule has 0 saturated carbocycles. The van der Waals surface area contributed by atoms with E-state index in [2.05, 4.69) is 72.2 Å². The zero-order chi connectivity index (χ0) is 22.9. The topological polar surface area (TPSA) is 54.4 Å². The molecular weight excluding hydrogens is 400 g/mol. The second-order valence-corrected chi connectivity index (χ2v) is 9.13. The molecule has 0 aliphatic carbocycles. The van der Waals surface area contributed by atoms with Crippen LogP contribution in [-0.4, -0.2) is 99.1 Å². The summed E-state index contributed by atoms with van der Waals surface area (Å²) in [6, 6.07) is 8.77. The number of piperazine rings is 1. The lowest BCUT2D eigenvalue weighted by Crippen LogP contribution is -2.57. The third-order valence-corrected chi connectivity index (χ3v) is 6.61. The van der Waals surface area contributed by atoms with Crippen LogP contribution in [0.4, 0.5) is 5.69 Å². The molecule has 2 heterocycles. The smallest absolute Gasteiger partial charge is 0.239 e. The Kier molecular flexibility index (Phi) is 9.21. The maximum atomic E-state index is 12.7. The molecule has 1 atom stereocenters. The number of guanidine groups is 1. The van der Waals surface area contributed by atoms with Gasteiger partial charge in [0.25, 0.3) is 0 Å². The molecule has 0 aromatic heterocycles. The number of benzene rings is 1. The molecule has 32 heavy (non-hydrogen) atoms. The van der Waals surface area contributed by atoms with E-state index in [0.717, 1.165) is 84.0 Å². The molecule has 0 bridgehead atoms. The largest absolute Gasteiger partial charge is 0.378 e. The van der Waals surface area contributed by atoms with Crippen LogP contribution < -0.4 is 10.2 Å². The molecule has 7 heteroatoms. The molecule has 2 aliphatic heterocycles. The summed E-state index contributed by atoms with van der Waals surface area (Å²) in [6.07, 6.45) is 4.38. The molecule has 2 fully saturated rings. The standard InChI is InChI=1S/C25H42N6O/c1-5-26-25(27-14-8-9-22-10-12-23(13-11-22)28(3)4)31-19-17-29(18-20-31)21(2)24(32)30-15-6-7-16-30/h10-13,21H,5-9,14-20H2,1-4H3,(H,26,27). The number of hydrogen-bond acceptors (Lipinski definition) is 4. The molecule has 1 amide bonds. The third kappa shape index (κ3) is 6.61. The first kappa shape index (κ1) is 24.4. The number of anilines is 1. The molecule has 0 radical (unpaired) electrons. The first-order chi connectivity index (χ1) is 15.5. The minimum atomic E-state index is -0.0198. The maximum absolute atomic E-state index is 12.7. The van der Waals surface area contributed by atoms with Gasteiger partial charge in [0, 0.05) is 72.1 Å². The first-order valence-corrected chi connectivity index (χ1v) is 12.3. The number of carbonyl (C=O) groups excluding carboxylic acids is 1. The Morgan fingerprint density at radius 1 is 1.03 bits per heavy atom. The summed E-state index contributed by atoms with van der Waals surface area (Å²) in [5.41, 5.74) is 2.60. The van der Waals surface area contributed by atoms with Gasteiger partial charge in [0.2, 0.25) is 5.91 Å². The fourth-order valence-electron chi connectivity index (χ4n) is 4.53. The van der Waals surface area contributed by atoms with E-state index in [0.29, 0.717) is 5.91 Å². The second kappa shape index (κ2) is 12.1. The molecule has 1 aromatic carbocycles. The zero-order valence-electron chi connectivity index (χ0n) is 20.5. The van der Waals surface area contributed by atoms with Gasteiger partial charge in [-0.1, -0.05) is 12.1 Å². The lowest BCUT2D eigenvalue weighted by Gasteiger charge is -2.39. The number of likely N-dealkylation sites (tertiary alicyclic amines) is 1. The Morgan fingerprint density at radius 3 is 2.28 bits per heavy atom. The van der Waals surface area contributed by atoms with E-state index in [-0.39, 0.29) is 6.04 Å². The predicted molar refractivity (Wildman–Crippen MR) is 133 cm³/mol. The highest BCUT2D eigenvalue weighted by atomic mass is 16.2. The van der Waals surface area contributed by atoms with Crippen molar-refractivity contribution < 1.29 is 4.79 Å². The molecule has 0 spiro atoms. The molecule has 1 aromatic rings. The Morgan fingerprint density at radius 2 is 1.69 bits per heavy atom. The SMILES string of the molecule is CCNC(=NCCCc1ccc(N(C)C)cc1)N1CCN(C(C)C(=O)N2CCCC2)CC1. The Balaban J connectivity index is 1.45. The van der Waals surface area contributed by atoms with Gasteiger partial charge in [0.15, 0.2) is 5.96 Å². The van der Waals surface area contributed by atoms with Gasteiger partial charge in [-0.3, -0.25) is 14.7 Å². The molecule has 2 aliphatic rings. The highest BCUT2D eigenvalue weighted by Crippen LogP contribution is 2.15. The van der Waals surface area contributed by atoms with Crippen LogP contribution in [0.5, 0.6) is 0 Å². The van der Waals surface area contributed by atoms with Crippen LogP contribution in [0.15, 0.2) is 29.3 Å². The van der Waals surface area contributed by atoms with Gasteiger partial charge in [-0.15, -0.1) is 0 Å². The highest BCUT2D eigenvalue weighted by molar-refractivity contribution is 5.82. The van der Waals surface area contributed by atoms with Gasteiger partial charge >= 0.3 is 0 Å². The van der Waals surface area contributed by atoms with E-state index < -0.39 is 0 Å².